The molecule has 0 spiro atoms. The van der Waals surface area contributed by atoms with Gasteiger partial charge in [-0.2, -0.15) is 0 Å². The average molecular weight is 304 g/mol. The molecular weight excluding hydrogens is 282 g/mol. The van der Waals surface area contributed by atoms with E-state index in [2.05, 4.69) is 48.2 Å². The van der Waals surface area contributed by atoms with Crippen molar-refractivity contribution in [2.24, 2.45) is 0 Å². The first-order valence-corrected chi connectivity index (χ1v) is 7.73. The summed E-state index contributed by atoms with van der Waals surface area (Å²) in [6.45, 7) is 8.31. The summed E-state index contributed by atoms with van der Waals surface area (Å²) in [6.07, 6.45) is 0. The van der Waals surface area contributed by atoms with Crippen molar-refractivity contribution in [3.05, 3.63) is 53.3 Å². The minimum Gasteiger partial charge on any atom is -0.344 e. The number of alkyl halides is 1. The summed E-state index contributed by atoms with van der Waals surface area (Å²) in [5.74, 6) is 1.43. The van der Waals surface area contributed by atoms with E-state index >= 15 is 0 Å². The lowest BCUT2D eigenvalue weighted by Crippen LogP contribution is -2.34. The van der Waals surface area contributed by atoms with Gasteiger partial charge in [0.2, 0.25) is 5.95 Å². The number of nitrogens with one attached hydrogen (secondary N) is 1. The fourth-order valence-electron chi connectivity index (χ4n) is 2.18. The molecule has 1 aromatic carbocycles. The van der Waals surface area contributed by atoms with Crippen LogP contribution in [0.4, 0.5) is 5.95 Å². The topological polar surface area (TPSA) is 37.8 Å². The van der Waals surface area contributed by atoms with Gasteiger partial charge in [-0.1, -0.05) is 44.2 Å². The number of aryl methyl sites for hydroxylation is 1. The average Bonchev–Trinajstić information content (AvgIpc) is 2.47. The van der Waals surface area contributed by atoms with Crippen molar-refractivity contribution in [2.75, 3.05) is 11.2 Å². The Kier molecular flexibility index (Phi) is 4.84. The Balaban J connectivity index is 2.35. The zero-order valence-corrected chi connectivity index (χ0v) is 13.8. The molecule has 0 radical (unpaired) electrons. The predicted octanol–water partition coefficient (Wildman–Crippen LogP) is 4.47. The molecule has 0 bridgehead atoms. The van der Waals surface area contributed by atoms with Crippen LogP contribution in [0.5, 0.6) is 0 Å². The van der Waals surface area contributed by atoms with E-state index in [4.69, 9.17) is 11.6 Å². The van der Waals surface area contributed by atoms with Gasteiger partial charge in [-0.05, 0) is 31.4 Å². The van der Waals surface area contributed by atoms with Gasteiger partial charge in [-0.15, -0.1) is 11.6 Å². The maximum atomic E-state index is 6.22. The van der Waals surface area contributed by atoms with Crippen LogP contribution in [-0.4, -0.2) is 15.8 Å². The summed E-state index contributed by atoms with van der Waals surface area (Å²) < 4.78 is 0. The van der Waals surface area contributed by atoms with Gasteiger partial charge in [0, 0.05) is 17.3 Å². The lowest BCUT2D eigenvalue weighted by molar-refractivity contribution is 0.607. The smallest absolute Gasteiger partial charge is 0.223 e. The monoisotopic (exact) mass is 303 g/mol. The number of aromatic nitrogens is 2. The highest BCUT2D eigenvalue weighted by molar-refractivity contribution is 6.18. The summed E-state index contributed by atoms with van der Waals surface area (Å²) in [5.41, 5.74) is 2.72. The molecule has 1 N–H and O–H groups in total. The van der Waals surface area contributed by atoms with Gasteiger partial charge in [0.05, 0.1) is 5.54 Å². The SMILES string of the molecule is Cc1cc(C(C)C)nc(NC(C)(CCl)c2ccccc2)n1. The van der Waals surface area contributed by atoms with Crippen molar-refractivity contribution in [1.29, 1.82) is 0 Å². The number of benzene rings is 1. The molecular formula is C17H22ClN3. The van der Waals surface area contributed by atoms with Crippen molar-refractivity contribution in [3.63, 3.8) is 0 Å². The second kappa shape index (κ2) is 6.44. The second-order valence-electron chi connectivity index (χ2n) is 5.87. The lowest BCUT2D eigenvalue weighted by Gasteiger charge is -2.29. The number of hydrogen-bond donors (Lipinski definition) is 1. The molecule has 0 aliphatic heterocycles. The lowest BCUT2D eigenvalue weighted by atomic mass is 9.94. The highest BCUT2D eigenvalue weighted by atomic mass is 35.5. The molecule has 0 aliphatic rings. The van der Waals surface area contributed by atoms with Gasteiger partial charge < -0.3 is 5.32 Å². The highest BCUT2D eigenvalue weighted by Crippen LogP contribution is 2.26. The number of anilines is 1. The molecule has 0 saturated carbocycles. The number of rotatable bonds is 5. The number of nitrogens with zero attached hydrogens (tertiary/aromatic N) is 2. The van der Waals surface area contributed by atoms with Crippen LogP contribution in [0.2, 0.25) is 0 Å². The quantitative estimate of drug-likeness (QED) is 0.828. The summed E-state index contributed by atoms with van der Waals surface area (Å²) in [7, 11) is 0. The Hall–Kier alpha value is -1.61. The largest absolute Gasteiger partial charge is 0.344 e. The van der Waals surface area contributed by atoms with E-state index in [9.17, 15) is 0 Å². The number of hydrogen-bond acceptors (Lipinski definition) is 3. The van der Waals surface area contributed by atoms with Crippen LogP contribution in [0.15, 0.2) is 36.4 Å². The van der Waals surface area contributed by atoms with E-state index in [1.807, 2.05) is 31.2 Å². The Morgan fingerprint density at radius 1 is 1.19 bits per heavy atom. The van der Waals surface area contributed by atoms with Crippen molar-refractivity contribution in [3.8, 4) is 0 Å². The Morgan fingerprint density at radius 3 is 2.43 bits per heavy atom. The third-order valence-corrected chi connectivity index (χ3v) is 4.07. The van der Waals surface area contributed by atoms with Gasteiger partial charge >= 0.3 is 0 Å². The Morgan fingerprint density at radius 2 is 1.86 bits per heavy atom. The zero-order chi connectivity index (χ0) is 15.5. The molecule has 3 nitrogen and oxygen atoms in total. The summed E-state index contributed by atoms with van der Waals surface area (Å²) in [6, 6.07) is 12.2. The standard InChI is InChI=1S/C17H22ClN3/c1-12(2)15-10-13(3)19-16(20-15)21-17(4,11-18)14-8-6-5-7-9-14/h5-10,12H,11H2,1-4H3,(H,19,20,21). The Labute approximate surface area is 131 Å². The molecule has 1 unspecified atom stereocenters. The van der Waals surface area contributed by atoms with Gasteiger partial charge in [-0.25, -0.2) is 9.97 Å². The predicted molar refractivity (Wildman–Crippen MR) is 89.0 cm³/mol. The molecule has 0 amide bonds. The van der Waals surface area contributed by atoms with Crippen molar-refractivity contribution >= 4 is 17.5 Å². The van der Waals surface area contributed by atoms with Crippen molar-refractivity contribution in [2.45, 2.75) is 39.2 Å². The maximum Gasteiger partial charge on any atom is 0.223 e. The Bertz CT molecular complexity index is 598. The van der Waals surface area contributed by atoms with Crippen LogP contribution in [0.25, 0.3) is 0 Å². The molecule has 0 aliphatic carbocycles. The van der Waals surface area contributed by atoms with E-state index in [1.54, 1.807) is 0 Å². The van der Waals surface area contributed by atoms with E-state index in [-0.39, 0.29) is 0 Å². The maximum absolute atomic E-state index is 6.22. The first-order valence-electron chi connectivity index (χ1n) is 7.20. The van der Waals surface area contributed by atoms with E-state index in [0.717, 1.165) is 17.0 Å². The molecule has 2 aromatic rings. The first kappa shape index (κ1) is 15.8. The molecule has 1 atom stereocenters. The summed E-state index contributed by atoms with van der Waals surface area (Å²) in [5, 5.41) is 3.40. The number of halogens is 1. The van der Waals surface area contributed by atoms with Crippen molar-refractivity contribution in [1.82, 2.24) is 9.97 Å². The normalized spacial score (nSPS) is 14.0. The van der Waals surface area contributed by atoms with Crippen LogP contribution in [0.3, 0.4) is 0 Å². The highest BCUT2D eigenvalue weighted by Gasteiger charge is 2.26. The molecule has 0 fully saturated rings. The van der Waals surface area contributed by atoms with Crippen LogP contribution in [-0.2, 0) is 5.54 Å². The van der Waals surface area contributed by atoms with Gasteiger partial charge in [0.25, 0.3) is 0 Å². The fraction of sp³-hybridized carbons (Fsp3) is 0.412. The van der Waals surface area contributed by atoms with Gasteiger partial charge in [-0.3, -0.25) is 0 Å². The third-order valence-electron chi connectivity index (χ3n) is 3.53. The fourth-order valence-corrected chi connectivity index (χ4v) is 2.40. The van der Waals surface area contributed by atoms with Gasteiger partial charge in [0.1, 0.15) is 0 Å². The summed E-state index contributed by atoms with van der Waals surface area (Å²) >= 11 is 6.22. The summed E-state index contributed by atoms with van der Waals surface area (Å²) in [4.78, 5) is 9.10. The molecule has 2 rings (SSSR count). The minimum absolute atomic E-state index is 0.367. The third kappa shape index (κ3) is 3.73. The molecule has 1 heterocycles. The first-order chi connectivity index (χ1) is 9.94. The van der Waals surface area contributed by atoms with Crippen LogP contribution in [0.1, 0.15) is 43.6 Å². The van der Waals surface area contributed by atoms with Crippen LogP contribution >= 0.6 is 11.6 Å². The van der Waals surface area contributed by atoms with Gasteiger partial charge in [0.15, 0.2) is 0 Å². The zero-order valence-electron chi connectivity index (χ0n) is 13.0. The molecule has 112 valence electrons. The molecule has 4 heteroatoms. The van der Waals surface area contributed by atoms with E-state index in [1.165, 1.54) is 0 Å². The second-order valence-corrected chi connectivity index (χ2v) is 6.14. The van der Waals surface area contributed by atoms with E-state index < -0.39 is 5.54 Å². The van der Waals surface area contributed by atoms with Crippen molar-refractivity contribution < 1.29 is 0 Å². The molecule has 0 saturated heterocycles. The minimum atomic E-state index is -0.398. The molecule has 1 aromatic heterocycles. The van der Waals surface area contributed by atoms with Crippen LogP contribution < -0.4 is 5.32 Å². The molecule has 21 heavy (non-hydrogen) atoms. The van der Waals surface area contributed by atoms with E-state index in [0.29, 0.717) is 17.7 Å². The van der Waals surface area contributed by atoms with Crippen LogP contribution in [0, 0.1) is 6.92 Å².